The van der Waals surface area contributed by atoms with Crippen LogP contribution in [0.5, 0.6) is 0 Å². The Kier molecular flexibility index (Phi) is 9.94. The minimum Gasteiger partial charge on any atom is -0.444 e. The number of aliphatic hydroxyl groups excluding tert-OH is 1. The van der Waals surface area contributed by atoms with E-state index in [1.807, 2.05) is 40.7 Å². The molecule has 2 N–H and O–H groups in total. The van der Waals surface area contributed by atoms with Gasteiger partial charge in [-0.3, -0.25) is 9.88 Å². The average Bonchev–Trinajstić information content (AvgIpc) is 2.82. The molecule has 2 atom stereocenters. The number of aliphatic hydroxyl groups is 1. The predicted molar refractivity (Wildman–Crippen MR) is 147 cm³/mol. The Morgan fingerprint density at radius 3 is 2.66 bits per heavy atom. The summed E-state index contributed by atoms with van der Waals surface area (Å²) in [4.78, 5) is 27.9. The Morgan fingerprint density at radius 2 is 2.03 bits per heavy atom. The molecule has 2 aromatic heterocycles. The highest BCUT2D eigenvalue weighted by Gasteiger charge is 2.27. The first-order valence-corrected chi connectivity index (χ1v) is 13.3. The molecule has 1 amide bonds. The lowest BCUT2D eigenvalue weighted by Crippen LogP contribution is -2.42. The van der Waals surface area contributed by atoms with Crippen LogP contribution >= 0.6 is 11.6 Å². The van der Waals surface area contributed by atoms with E-state index < -0.39 is 11.7 Å². The van der Waals surface area contributed by atoms with Crippen LogP contribution in [0.2, 0.25) is 5.02 Å². The number of hydrogen-bond donors (Lipinski definition) is 2. The molecule has 1 aliphatic rings. The number of pyridine rings is 1. The van der Waals surface area contributed by atoms with Crippen LogP contribution in [0.15, 0.2) is 18.5 Å². The summed E-state index contributed by atoms with van der Waals surface area (Å²) in [7, 11) is 0. The van der Waals surface area contributed by atoms with Gasteiger partial charge in [0.1, 0.15) is 11.3 Å². The van der Waals surface area contributed by atoms with Crippen molar-refractivity contribution in [3.63, 3.8) is 0 Å². The van der Waals surface area contributed by atoms with Crippen LogP contribution < -0.4 is 5.32 Å². The zero-order valence-corrected chi connectivity index (χ0v) is 24.0. The summed E-state index contributed by atoms with van der Waals surface area (Å²) in [5.74, 6) is 6.72. The molecule has 0 aromatic carbocycles. The molecule has 0 bridgehead atoms. The standard InChI is InChI=1S/C28H38ClN5O4/c1-17(2)25-19(10-12-30-23(25)15-34(18(3)4)27(36)38-28(5,6)7)8-9-21-20(29)14-31-26(32-21)33-22-11-13-37-16-24(22)35/h10,12,14,17-18,22,24,35H,11,13,15-16H2,1-7H3,(H,31,32,33)/t22-,24-/m1/s1. The zero-order chi connectivity index (χ0) is 28.0. The summed E-state index contributed by atoms with van der Waals surface area (Å²) in [6.07, 6.45) is 2.80. The number of amides is 1. The average molecular weight is 544 g/mol. The molecular formula is C28H38ClN5O4. The van der Waals surface area contributed by atoms with Gasteiger partial charge in [-0.1, -0.05) is 31.4 Å². The molecule has 206 valence electrons. The number of nitrogens with one attached hydrogen (secondary N) is 1. The van der Waals surface area contributed by atoms with Crippen LogP contribution in [-0.4, -0.2) is 68.1 Å². The number of aromatic nitrogens is 3. The van der Waals surface area contributed by atoms with E-state index >= 15 is 0 Å². The number of rotatable bonds is 6. The molecule has 0 aliphatic carbocycles. The molecular weight excluding hydrogens is 506 g/mol. The number of halogens is 1. The molecule has 2 aromatic rings. The molecule has 1 aliphatic heterocycles. The van der Waals surface area contributed by atoms with E-state index in [0.717, 1.165) is 16.8 Å². The van der Waals surface area contributed by atoms with Crippen molar-refractivity contribution < 1.29 is 19.4 Å². The molecule has 38 heavy (non-hydrogen) atoms. The first kappa shape index (κ1) is 29.6. The SMILES string of the molecule is CC(C)c1c(C#Cc2nc(N[C@@H]3CCOC[C@H]3O)ncc2Cl)ccnc1CN(C(=O)OC(C)(C)C)C(C)C. The third kappa shape index (κ3) is 8.03. The number of carbonyl (C=O) groups is 1. The molecule has 3 heterocycles. The van der Waals surface area contributed by atoms with Crippen molar-refractivity contribution >= 4 is 23.6 Å². The Balaban J connectivity index is 1.90. The first-order valence-electron chi connectivity index (χ1n) is 12.9. The number of carbonyl (C=O) groups excluding carboxylic acids is 1. The summed E-state index contributed by atoms with van der Waals surface area (Å²) in [5, 5.41) is 13.6. The molecule has 0 saturated carbocycles. The number of ether oxygens (including phenoxy) is 2. The molecule has 1 saturated heterocycles. The second-order valence-electron chi connectivity index (χ2n) is 10.9. The van der Waals surface area contributed by atoms with Crippen molar-refractivity contribution in [1.29, 1.82) is 0 Å². The van der Waals surface area contributed by atoms with E-state index in [0.29, 0.717) is 36.2 Å². The van der Waals surface area contributed by atoms with E-state index in [-0.39, 0.29) is 30.7 Å². The quantitative estimate of drug-likeness (QED) is 0.502. The lowest BCUT2D eigenvalue weighted by molar-refractivity contribution is -0.0136. The smallest absolute Gasteiger partial charge is 0.410 e. The van der Waals surface area contributed by atoms with Crippen LogP contribution in [0.25, 0.3) is 0 Å². The Morgan fingerprint density at radius 1 is 1.29 bits per heavy atom. The lowest BCUT2D eigenvalue weighted by Gasteiger charge is -2.30. The molecule has 3 rings (SSSR count). The summed E-state index contributed by atoms with van der Waals surface area (Å²) < 4.78 is 10.9. The lowest BCUT2D eigenvalue weighted by atomic mass is 9.95. The fraction of sp³-hybridized carbons (Fsp3) is 0.571. The fourth-order valence-electron chi connectivity index (χ4n) is 4.04. The van der Waals surface area contributed by atoms with Gasteiger partial charge in [0.05, 0.1) is 42.2 Å². The largest absolute Gasteiger partial charge is 0.444 e. The van der Waals surface area contributed by atoms with Crippen molar-refractivity contribution in [2.75, 3.05) is 18.5 Å². The second-order valence-corrected chi connectivity index (χ2v) is 11.3. The van der Waals surface area contributed by atoms with Crippen LogP contribution in [0.3, 0.4) is 0 Å². The number of nitrogens with zero attached hydrogens (tertiary/aromatic N) is 4. The van der Waals surface area contributed by atoms with Crippen molar-refractivity contribution in [2.24, 2.45) is 0 Å². The molecule has 0 spiro atoms. The van der Waals surface area contributed by atoms with Crippen molar-refractivity contribution in [3.05, 3.63) is 46.0 Å². The van der Waals surface area contributed by atoms with Gasteiger partial charge < -0.3 is 19.9 Å². The Bertz CT molecular complexity index is 1190. The van der Waals surface area contributed by atoms with Crippen molar-refractivity contribution in [3.8, 4) is 11.8 Å². The van der Waals surface area contributed by atoms with Gasteiger partial charge in [-0.25, -0.2) is 14.8 Å². The van der Waals surface area contributed by atoms with Gasteiger partial charge >= 0.3 is 6.09 Å². The maximum Gasteiger partial charge on any atom is 0.410 e. The highest BCUT2D eigenvalue weighted by molar-refractivity contribution is 6.31. The molecule has 9 nitrogen and oxygen atoms in total. The minimum absolute atomic E-state index is 0.0820. The van der Waals surface area contributed by atoms with Crippen LogP contribution in [0, 0.1) is 11.8 Å². The maximum atomic E-state index is 12.9. The van der Waals surface area contributed by atoms with Gasteiger partial charge in [0, 0.05) is 24.4 Å². The zero-order valence-electron chi connectivity index (χ0n) is 23.2. The van der Waals surface area contributed by atoms with Gasteiger partial charge in [-0.15, -0.1) is 0 Å². The molecule has 0 radical (unpaired) electrons. The number of hydrogen-bond acceptors (Lipinski definition) is 8. The van der Waals surface area contributed by atoms with E-state index in [9.17, 15) is 9.90 Å². The van der Waals surface area contributed by atoms with Gasteiger partial charge in [0.15, 0.2) is 0 Å². The van der Waals surface area contributed by atoms with Gasteiger partial charge in [0.25, 0.3) is 0 Å². The molecule has 0 unspecified atom stereocenters. The van der Waals surface area contributed by atoms with Gasteiger partial charge in [-0.2, -0.15) is 0 Å². The second kappa shape index (κ2) is 12.7. The summed E-state index contributed by atoms with van der Waals surface area (Å²) in [6, 6.07) is 1.56. The normalized spacial score (nSPS) is 17.7. The minimum atomic E-state index is -0.646. The number of anilines is 1. The summed E-state index contributed by atoms with van der Waals surface area (Å²) >= 11 is 6.36. The molecule has 1 fully saturated rings. The van der Waals surface area contributed by atoms with Crippen LogP contribution in [-0.2, 0) is 16.0 Å². The summed E-state index contributed by atoms with van der Waals surface area (Å²) in [5.41, 5.74) is 2.26. The highest BCUT2D eigenvalue weighted by Crippen LogP contribution is 2.25. The monoisotopic (exact) mass is 543 g/mol. The third-order valence-electron chi connectivity index (χ3n) is 5.92. The topological polar surface area (TPSA) is 110 Å². The van der Waals surface area contributed by atoms with E-state index in [1.54, 1.807) is 11.1 Å². The van der Waals surface area contributed by atoms with Crippen molar-refractivity contribution in [2.45, 2.75) is 91.1 Å². The molecule has 10 heteroatoms. The van der Waals surface area contributed by atoms with E-state index in [2.05, 4.69) is 46.0 Å². The first-order chi connectivity index (χ1) is 17.9. The van der Waals surface area contributed by atoms with E-state index in [4.69, 9.17) is 21.1 Å². The third-order valence-corrected chi connectivity index (χ3v) is 6.20. The maximum absolute atomic E-state index is 12.9. The Labute approximate surface area is 230 Å². The van der Waals surface area contributed by atoms with Crippen molar-refractivity contribution in [1.82, 2.24) is 19.9 Å². The van der Waals surface area contributed by atoms with Crippen LogP contribution in [0.4, 0.5) is 10.7 Å². The van der Waals surface area contributed by atoms with Gasteiger partial charge in [-0.05, 0) is 64.5 Å². The van der Waals surface area contributed by atoms with E-state index in [1.165, 1.54) is 6.20 Å². The highest BCUT2D eigenvalue weighted by atomic mass is 35.5. The van der Waals surface area contributed by atoms with Crippen LogP contribution in [0.1, 0.15) is 83.3 Å². The summed E-state index contributed by atoms with van der Waals surface area (Å²) in [6.45, 7) is 14.7. The Hall–Kier alpha value is -2.93. The predicted octanol–water partition coefficient (Wildman–Crippen LogP) is 4.76. The fourth-order valence-corrected chi connectivity index (χ4v) is 4.18. The van der Waals surface area contributed by atoms with Gasteiger partial charge in [0.2, 0.25) is 5.95 Å².